The van der Waals surface area contributed by atoms with Gasteiger partial charge in [-0.15, -0.1) is 0 Å². The minimum atomic E-state index is -0.472. The van der Waals surface area contributed by atoms with Crippen LogP contribution in [0.1, 0.15) is 18.9 Å². The van der Waals surface area contributed by atoms with E-state index in [4.69, 9.17) is 10.00 Å². The molecule has 5 heteroatoms. The van der Waals surface area contributed by atoms with Gasteiger partial charge in [0.15, 0.2) is 0 Å². The summed E-state index contributed by atoms with van der Waals surface area (Å²) in [6.45, 7) is 2.44. The summed E-state index contributed by atoms with van der Waals surface area (Å²) >= 11 is 0. The number of esters is 1. The fourth-order valence-electron chi connectivity index (χ4n) is 1.50. The van der Waals surface area contributed by atoms with Crippen LogP contribution in [0.2, 0.25) is 0 Å². The molecule has 0 saturated heterocycles. The number of nitriles is 1. The molecule has 0 aliphatic heterocycles. The average molecular weight is 250 g/mol. The summed E-state index contributed by atoms with van der Waals surface area (Å²) in [6.07, 6.45) is 0.198. The number of benzene rings is 1. The van der Waals surface area contributed by atoms with Crippen molar-refractivity contribution in [3.63, 3.8) is 0 Å². The normalized spacial score (nSPS) is 9.67. The number of halogens is 1. The highest BCUT2D eigenvalue weighted by molar-refractivity contribution is 5.70. The number of ether oxygens (including phenoxy) is 1. The Morgan fingerprint density at radius 1 is 1.56 bits per heavy atom. The van der Waals surface area contributed by atoms with Crippen LogP contribution in [0.15, 0.2) is 18.2 Å². The topological polar surface area (TPSA) is 53.3 Å². The van der Waals surface area contributed by atoms with Crippen LogP contribution in [0.5, 0.6) is 0 Å². The molecule has 0 atom stereocenters. The van der Waals surface area contributed by atoms with E-state index in [1.807, 2.05) is 6.07 Å². The highest BCUT2D eigenvalue weighted by Crippen LogP contribution is 2.19. The third-order valence-corrected chi connectivity index (χ3v) is 2.44. The molecule has 0 fully saturated rings. The minimum Gasteiger partial charge on any atom is -0.466 e. The smallest absolute Gasteiger partial charge is 0.307 e. The minimum absolute atomic E-state index is 0.198. The largest absolute Gasteiger partial charge is 0.466 e. The van der Waals surface area contributed by atoms with Gasteiger partial charge in [0.1, 0.15) is 5.82 Å². The second-order valence-electron chi connectivity index (χ2n) is 3.75. The van der Waals surface area contributed by atoms with Crippen LogP contribution in [-0.2, 0) is 9.53 Å². The van der Waals surface area contributed by atoms with E-state index in [0.717, 1.165) is 0 Å². The first-order chi connectivity index (χ1) is 8.58. The summed E-state index contributed by atoms with van der Waals surface area (Å²) in [5.41, 5.74) is 0.633. The molecule has 0 amide bonds. The van der Waals surface area contributed by atoms with E-state index in [9.17, 15) is 9.18 Å². The molecule has 1 aromatic carbocycles. The second-order valence-corrected chi connectivity index (χ2v) is 3.75. The van der Waals surface area contributed by atoms with E-state index in [2.05, 4.69) is 0 Å². The zero-order chi connectivity index (χ0) is 13.5. The van der Waals surface area contributed by atoms with E-state index >= 15 is 0 Å². The van der Waals surface area contributed by atoms with E-state index in [1.54, 1.807) is 24.9 Å². The van der Waals surface area contributed by atoms with Crippen molar-refractivity contribution < 1.29 is 13.9 Å². The van der Waals surface area contributed by atoms with Gasteiger partial charge in [-0.05, 0) is 25.1 Å². The first kappa shape index (κ1) is 14.0. The first-order valence-corrected chi connectivity index (χ1v) is 5.65. The molecule has 0 saturated carbocycles. The van der Waals surface area contributed by atoms with Crippen molar-refractivity contribution in [2.24, 2.45) is 0 Å². The molecule has 0 heterocycles. The Bertz CT molecular complexity index is 469. The Hall–Kier alpha value is -2.09. The first-order valence-electron chi connectivity index (χ1n) is 5.65. The molecule has 0 radical (unpaired) electrons. The molecule has 0 unspecified atom stereocenters. The summed E-state index contributed by atoms with van der Waals surface area (Å²) in [6, 6.07) is 6.11. The van der Waals surface area contributed by atoms with Crippen LogP contribution in [0.25, 0.3) is 0 Å². The Labute approximate surface area is 106 Å². The van der Waals surface area contributed by atoms with Crippen LogP contribution in [0.4, 0.5) is 10.1 Å². The Balaban J connectivity index is 2.64. The fraction of sp³-hybridized carbons (Fsp3) is 0.385. The number of hydrogen-bond acceptors (Lipinski definition) is 4. The molecule has 1 rings (SSSR count). The van der Waals surface area contributed by atoms with Gasteiger partial charge in [0.25, 0.3) is 0 Å². The van der Waals surface area contributed by atoms with Crippen molar-refractivity contribution >= 4 is 11.7 Å². The van der Waals surface area contributed by atoms with Crippen LogP contribution in [0.3, 0.4) is 0 Å². The Morgan fingerprint density at radius 3 is 2.83 bits per heavy atom. The zero-order valence-corrected chi connectivity index (χ0v) is 10.4. The van der Waals surface area contributed by atoms with Gasteiger partial charge >= 0.3 is 5.97 Å². The highest BCUT2D eigenvalue weighted by atomic mass is 19.1. The van der Waals surface area contributed by atoms with E-state index in [-0.39, 0.29) is 18.0 Å². The molecular weight excluding hydrogens is 235 g/mol. The lowest BCUT2D eigenvalue weighted by atomic mass is 10.2. The lowest BCUT2D eigenvalue weighted by molar-refractivity contribution is -0.142. The van der Waals surface area contributed by atoms with Gasteiger partial charge < -0.3 is 9.64 Å². The van der Waals surface area contributed by atoms with Crippen LogP contribution < -0.4 is 4.90 Å². The molecular formula is C13H15FN2O2. The van der Waals surface area contributed by atoms with Gasteiger partial charge in [-0.25, -0.2) is 4.39 Å². The van der Waals surface area contributed by atoms with Crippen LogP contribution in [-0.4, -0.2) is 26.2 Å². The number of hydrogen-bond donors (Lipinski definition) is 0. The summed E-state index contributed by atoms with van der Waals surface area (Å²) in [4.78, 5) is 12.8. The maximum Gasteiger partial charge on any atom is 0.307 e. The predicted octanol–water partition coefficient (Wildman–Crippen LogP) is 2.09. The molecule has 0 spiro atoms. The molecule has 0 aromatic heterocycles. The van der Waals surface area contributed by atoms with E-state index in [0.29, 0.717) is 18.8 Å². The summed E-state index contributed by atoms with van der Waals surface area (Å²) in [5.74, 6) is -0.779. The van der Waals surface area contributed by atoms with Crippen molar-refractivity contribution in [1.82, 2.24) is 0 Å². The third-order valence-electron chi connectivity index (χ3n) is 2.44. The SMILES string of the molecule is CCOC(=O)CCN(C)c1ccc(C#N)cc1F. The molecule has 96 valence electrons. The lowest BCUT2D eigenvalue weighted by Crippen LogP contribution is -2.23. The maximum atomic E-state index is 13.7. The quantitative estimate of drug-likeness (QED) is 0.751. The molecule has 0 N–H and O–H groups in total. The fourth-order valence-corrected chi connectivity index (χ4v) is 1.50. The lowest BCUT2D eigenvalue weighted by Gasteiger charge is -2.19. The van der Waals surface area contributed by atoms with Crippen LogP contribution >= 0.6 is 0 Å². The van der Waals surface area contributed by atoms with Gasteiger partial charge in [0, 0.05) is 13.6 Å². The Kier molecular flexibility index (Phi) is 5.12. The van der Waals surface area contributed by atoms with Crippen LogP contribution in [0, 0.1) is 17.1 Å². The summed E-state index contributed by atoms with van der Waals surface area (Å²) < 4.78 is 18.4. The van der Waals surface area contributed by atoms with Crippen molar-refractivity contribution in [2.45, 2.75) is 13.3 Å². The summed E-state index contributed by atoms with van der Waals surface area (Å²) in [7, 11) is 1.68. The van der Waals surface area contributed by atoms with Crippen molar-refractivity contribution in [3.05, 3.63) is 29.6 Å². The highest BCUT2D eigenvalue weighted by Gasteiger charge is 2.10. The van der Waals surface area contributed by atoms with Gasteiger partial charge in [-0.2, -0.15) is 5.26 Å². The zero-order valence-electron chi connectivity index (χ0n) is 10.4. The Morgan fingerprint density at radius 2 is 2.28 bits per heavy atom. The molecule has 0 aliphatic carbocycles. The van der Waals surface area contributed by atoms with E-state index in [1.165, 1.54) is 12.1 Å². The van der Waals surface area contributed by atoms with Crippen molar-refractivity contribution in [1.29, 1.82) is 5.26 Å². The number of carbonyl (C=O) groups excluding carboxylic acids is 1. The summed E-state index contributed by atoms with van der Waals surface area (Å²) in [5, 5.41) is 8.64. The van der Waals surface area contributed by atoms with Crippen molar-refractivity contribution in [3.8, 4) is 6.07 Å². The average Bonchev–Trinajstić information content (AvgIpc) is 2.36. The molecule has 4 nitrogen and oxygen atoms in total. The number of carbonyl (C=O) groups is 1. The van der Waals surface area contributed by atoms with Crippen molar-refractivity contribution in [2.75, 3.05) is 25.1 Å². The monoisotopic (exact) mass is 250 g/mol. The third kappa shape index (κ3) is 3.74. The molecule has 0 aliphatic rings. The predicted molar refractivity (Wildman–Crippen MR) is 65.6 cm³/mol. The standard InChI is InChI=1S/C13H15FN2O2/c1-3-18-13(17)6-7-16(2)12-5-4-10(9-15)8-11(12)14/h4-5,8H,3,6-7H2,1-2H3. The molecule has 18 heavy (non-hydrogen) atoms. The molecule has 1 aromatic rings. The number of anilines is 1. The van der Waals surface area contributed by atoms with Gasteiger partial charge in [-0.1, -0.05) is 0 Å². The van der Waals surface area contributed by atoms with E-state index < -0.39 is 5.82 Å². The molecule has 0 bridgehead atoms. The van der Waals surface area contributed by atoms with Gasteiger partial charge in [-0.3, -0.25) is 4.79 Å². The number of nitrogens with zero attached hydrogens (tertiary/aromatic N) is 2. The number of rotatable bonds is 5. The second kappa shape index (κ2) is 6.60. The van der Waals surface area contributed by atoms with Gasteiger partial charge in [0.05, 0.1) is 30.3 Å². The van der Waals surface area contributed by atoms with Gasteiger partial charge in [0.2, 0.25) is 0 Å². The maximum absolute atomic E-state index is 13.7.